The van der Waals surface area contributed by atoms with Gasteiger partial charge in [-0.25, -0.2) is 4.72 Å². The van der Waals surface area contributed by atoms with Crippen LogP contribution >= 0.6 is 0 Å². The van der Waals surface area contributed by atoms with Gasteiger partial charge in [-0.1, -0.05) is 31.4 Å². The maximum absolute atomic E-state index is 13.0. The predicted molar refractivity (Wildman–Crippen MR) is 147 cm³/mol. The van der Waals surface area contributed by atoms with Crippen molar-refractivity contribution in [1.82, 2.24) is 13.6 Å². The largest absolute Gasteiger partial charge is 0.501 e. The number of aromatic nitrogens is 1. The molecule has 2 fully saturated rings. The first-order chi connectivity index (χ1) is 18.6. The van der Waals surface area contributed by atoms with E-state index >= 15 is 0 Å². The van der Waals surface area contributed by atoms with E-state index in [4.69, 9.17) is 4.74 Å². The van der Waals surface area contributed by atoms with Crippen LogP contribution in [0.3, 0.4) is 0 Å². The molecule has 1 aromatic carbocycles. The summed E-state index contributed by atoms with van der Waals surface area (Å²) >= 11 is 0. The van der Waals surface area contributed by atoms with Gasteiger partial charge in [-0.3, -0.25) is 9.59 Å². The number of methoxy groups -OCH3 is 1. The van der Waals surface area contributed by atoms with E-state index in [2.05, 4.69) is 15.4 Å². The molecule has 208 valence electrons. The Balaban J connectivity index is 1.58. The third-order valence-electron chi connectivity index (χ3n) is 9.37. The van der Waals surface area contributed by atoms with Crippen LogP contribution in [0, 0.1) is 17.3 Å². The van der Waals surface area contributed by atoms with Gasteiger partial charge in [-0.15, -0.1) is 0 Å². The molecule has 4 aliphatic rings. The summed E-state index contributed by atoms with van der Waals surface area (Å²) in [6.45, 7) is 0.322. The number of hydrogen-bond donors (Lipinski definition) is 2. The second-order valence-corrected chi connectivity index (χ2v) is 13.6. The second-order valence-electron chi connectivity index (χ2n) is 11.7. The van der Waals surface area contributed by atoms with E-state index in [-0.39, 0.29) is 17.4 Å². The van der Waals surface area contributed by atoms with E-state index in [1.54, 1.807) is 19.2 Å². The highest BCUT2D eigenvalue weighted by atomic mass is 32.2. The molecular formula is C29H35N3O6S. The molecule has 2 saturated carbocycles. The van der Waals surface area contributed by atoms with Crippen LogP contribution in [0.15, 0.2) is 36.1 Å². The number of carboxylic acid groups (broad SMARTS) is 1. The van der Waals surface area contributed by atoms with E-state index < -0.39 is 27.5 Å². The fourth-order valence-corrected chi connectivity index (χ4v) is 7.70. The lowest BCUT2D eigenvalue weighted by atomic mass is 9.77. The summed E-state index contributed by atoms with van der Waals surface area (Å²) < 4.78 is 35.5. The molecule has 6 rings (SSSR count). The summed E-state index contributed by atoms with van der Waals surface area (Å²) in [5.41, 5.74) is 3.60. The van der Waals surface area contributed by atoms with Crippen molar-refractivity contribution >= 4 is 38.6 Å². The van der Waals surface area contributed by atoms with Gasteiger partial charge >= 0.3 is 16.2 Å². The topological polar surface area (TPSA) is 118 Å². The number of hydrogen-bond acceptors (Lipinski definition) is 5. The molecular weight excluding hydrogens is 518 g/mol. The maximum Gasteiger partial charge on any atom is 0.311 e. The second kappa shape index (κ2) is 9.23. The van der Waals surface area contributed by atoms with Gasteiger partial charge in [0.05, 0.1) is 18.3 Å². The average Bonchev–Trinajstić information content (AvgIpc) is 3.59. The maximum atomic E-state index is 13.0. The van der Waals surface area contributed by atoms with Gasteiger partial charge in [-0.2, -0.15) is 12.7 Å². The van der Waals surface area contributed by atoms with Crippen LogP contribution in [0.4, 0.5) is 0 Å². The number of amides is 1. The molecule has 2 aromatic rings. The van der Waals surface area contributed by atoms with Gasteiger partial charge in [0.25, 0.3) is 5.91 Å². The van der Waals surface area contributed by atoms with Crippen LogP contribution in [0.25, 0.3) is 16.5 Å². The number of rotatable bonds is 6. The minimum Gasteiger partial charge on any atom is -0.501 e. The van der Waals surface area contributed by atoms with Gasteiger partial charge in [0, 0.05) is 49.2 Å². The highest BCUT2D eigenvalue weighted by Crippen LogP contribution is 2.65. The molecule has 0 saturated heterocycles. The van der Waals surface area contributed by atoms with Crippen molar-refractivity contribution < 1.29 is 27.9 Å². The average molecular weight is 554 g/mol. The molecule has 10 heteroatoms. The number of ether oxygens (including phenoxy) is 1. The van der Waals surface area contributed by atoms with Crippen LogP contribution in [-0.2, 0) is 26.3 Å². The smallest absolute Gasteiger partial charge is 0.311 e. The SMILES string of the molecule is COC1=CC=C2c3c(C4CCCCC4)c4ccc(C(=O)NS(=O)(=O)N(C)C)cc4n3CC3(C(=O)O)CC3C2C1. The Morgan fingerprint density at radius 2 is 1.90 bits per heavy atom. The molecule has 0 bridgehead atoms. The van der Waals surface area contributed by atoms with Crippen LogP contribution in [0.1, 0.15) is 72.5 Å². The zero-order valence-electron chi connectivity index (χ0n) is 22.6. The van der Waals surface area contributed by atoms with E-state index in [1.165, 1.54) is 26.1 Å². The normalized spacial score (nSPS) is 26.6. The Bertz CT molecular complexity index is 1550. The first-order valence-corrected chi connectivity index (χ1v) is 15.1. The van der Waals surface area contributed by atoms with Crippen LogP contribution in [0.2, 0.25) is 0 Å². The molecule has 2 heterocycles. The van der Waals surface area contributed by atoms with E-state index in [9.17, 15) is 23.1 Å². The van der Waals surface area contributed by atoms with Gasteiger partial charge in [0.2, 0.25) is 0 Å². The lowest BCUT2D eigenvalue weighted by Gasteiger charge is -2.28. The fraction of sp³-hybridized carbons (Fsp3) is 0.517. The van der Waals surface area contributed by atoms with Crippen molar-refractivity contribution in [2.24, 2.45) is 17.3 Å². The third kappa shape index (κ3) is 4.10. The standard InChI is InChI=1S/C29H35N3O6S/c1-31(2)39(36,37)30-27(33)18-9-11-21-24(13-18)32-16-29(28(34)35)15-23(29)22-14-19(38-3)10-12-20(22)26(32)25(21)17-7-5-4-6-8-17/h9-13,17,22-23H,4-8,14-16H2,1-3H3,(H,30,33)(H,34,35). The first-order valence-electron chi connectivity index (χ1n) is 13.7. The quantitative estimate of drug-likeness (QED) is 0.552. The van der Waals surface area contributed by atoms with Crippen LogP contribution < -0.4 is 4.72 Å². The molecule has 9 nitrogen and oxygen atoms in total. The third-order valence-corrected chi connectivity index (χ3v) is 10.8. The molecule has 1 amide bonds. The lowest BCUT2D eigenvalue weighted by molar-refractivity contribution is -0.144. The summed E-state index contributed by atoms with van der Waals surface area (Å²) in [6, 6.07) is 5.33. The molecule has 3 atom stereocenters. The Morgan fingerprint density at radius 1 is 1.15 bits per heavy atom. The number of fused-ring (bicyclic) bond motifs is 7. The van der Waals surface area contributed by atoms with Crippen molar-refractivity contribution in [1.29, 1.82) is 0 Å². The van der Waals surface area contributed by atoms with E-state index in [1.807, 2.05) is 12.1 Å². The Kier molecular flexibility index (Phi) is 6.18. The summed E-state index contributed by atoms with van der Waals surface area (Å²) in [6.07, 6.45) is 11.0. The van der Waals surface area contributed by atoms with Crippen LogP contribution in [0.5, 0.6) is 0 Å². The minimum absolute atomic E-state index is 0.00553. The van der Waals surface area contributed by atoms with E-state index in [0.29, 0.717) is 25.3 Å². The molecule has 0 radical (unpaired) electrons. The Hall–Kier alpha value is -3.11. The number of nitrogens with one attached hydrogen (secondary N) is 1. The highest BCUT2D eigenvalue weighted by molar-refractivity contribution is 7.87. The highest BCUT2D eigenvalue weighted by Gasteiger charge is 2.65. The molecule has 3 unspecified atom stereocenters. The molecule has 3 aliphatic carbocycles. The lowest BCUT2D eigenvalue weighted by Crippen LogP contribution is -2.39. The number of aliphatic carboxylic acids is 1. The van der Waals surface area contributed by atoms with Crippen molar-refractivity contribution in [2.45, 2.75) is 57.4 Å². The van der Waals surface area contributed by atoms with Crippen molar-refractivity contribution in [3.63, 3.8) is 0 Å². The zero-order chi connectivity index (χ0) is 27.7. The first kappa shape index (κ1) is 26.1. The monoisotopic (exact) mass is 553 g/mol. The van der Waals surface area contributed by atoms with Crippen LogP contribution in [-0.4, -0.2) is 55.5 Å². The summed E-state index contributed by atoms with van der Waals surface area (Å²) in [7, 11) is 0.417. The Morgan fingerprint density at radius 3 is 2.56 bits per heavy atom. The number of carbonyl (C=O) groups is 2. The van der Waals surface area contributed by atoms with Gasteiger partial charge in [0.15, 0.2) is 0 Å². The Labute approximate surface area is 228 Å². The molecule has 2 N–H and O–H groups in total. The molecule has 39 heavy (non-hydrogen) atoms. The van der Waals surface area contributed by atoms with Gasteiger partial charge < -0.3 is 14.4 Å². The van der Waals surface area contributed by atoms with Crippen molar-refractivity contribution in [2.75, 3.05) is 21.2 Å². The van der Waals surface area contributed by atoms with Crippen molar-refractivity contribution in [3.05, 3.63) is 52.9 Å². The predicted octanol–water partition coefficient (Wildman–Crippen LogP) is 4.26. The number of carboxylic acids is 1. The van der Waals surface area contributed by atoms with Gasteiger partial charge in [-0.05, 0) is 66.4 Å². The van der Waals surface area contributed by atoms with Crippen molar-refractivity contribution in [3.8, 4) is 0 Å². The zero-order valence-corrected chi connectivity index (χ0v) is 23.4. The molecule has 1 aromatic heterocycles. The number of allylic oxidation sites excluding steroid dienone is 4. The van der Waals surface area contributed by atoms with E-state index in [0.717, 1.165) is 57.9 Å². The minimum atomic E-state index is -3.96. The molecule has 0 spiro atoms. The number of benzene rings is 1. The summed E-state index contributed by atoms with van der Waals surface area (Å²) in [4.78, 5) is 25.8. The summed E-state index contributed by atoms with van der Waals surface area (Å²) in [5, 5.41) is 11.5. The van der Waals surface area contributed by atoms with Gasteiger partial charge in [0.1, 0.15) is 0 Å². The number of nitrogens with zero attached hydrogens (tertiary/aromatic N) is 2. The number of carbonyl (C=O) groups excluding carboxylic acids is 1. The molecule has 1 aliphatic heterocycles. The fourth-order valence-electron chi connectivity index (χ4n) is 7.17. The summed E-state index contributed by atoms with van der Waals surface area (Å²) in [5.74, 6) is -0.252.